The van der Waals surface area contributed by atoms with Gasteiger partial charge in [0.25, 0.3) is 5.69 Å². The van der Waals surface area contributed by atoms with Crippen LogP contribution in [0.5, 0.6) is 0 Å². The van der Waals surface area contributed by atoms with Crippen molar-refractivity contribution in [3.05, 3.63) is 64.5 Å². The summed E-state index contributed by atoms with van der Waals surface area (Å²) in [6.07, 6.45) is 3.06. The molecule has 1 aromatic carbocycles. The number of nitro groups is 1. The standard InChI is InChI=1S/C18H21N3O6S/c1-13(2)17(18(22)27-3)20(12-14-5-4-10-19-11-14)28(25,26)16-8-6-15(7-9-16)21(23)24/h4-11,13,17H,12H2,1-3H3/t17-/m1/s1. The highest BCUT2D eigenvalue weighted by Gasteiger charge is 2.38. The Kier molecular flexibility index (Phi) is 6.81. The summed E-state index contributed by atoms with van der Waals surface area (Å²) in [6.45, 7) is 3.32. The lowest BCUT2D eigenvalue weighted by Crippen LogP contribution is -2.48. The predicted octanol–water partition coefficient (Wildman–Crippen LogP) is 2.38. The quantitative estimate of drug-likeness (QED) is 0.374. The number of esters is 1. The minimum absolute atomic E-state index is 0.106. The molecule has 0 saturated carbocycles. The molecule has 0 amide bonds. The van der Waals surface area contributed by atoms with Crippen LogP contribution in [-0.2, 0) is 26.1 Å². The summed E-state index contributed by atoms with van der Waals surface area (Å²) in [4.78, 5) is 26.4. The lowest BCUT2D eigenvalue weighted by Gasteiger charge is -2.31. The zero-order valence-corrected chi connectivity index (χ0v) is 16.5. The Hall–Kier alpha value is -2.85. The molecule has 0 aliphatic rings. The van der Waals surface area contributed by atoms with E-state index in [1.54, 1.807) is 32.2 Å². The van der Waals surface area contributed by atoms with Crippen molar-refractivity contribution in [1.29, 1.82) is 0 Å². The molecule has 0 radical (unpaired) electrons. The molecule has 1 aromatic heterocycles. The molecule has 0 spiro atoms. The number of rotatable bonds is 8. The number of non-ortho nitro benzene ring substituents is 1. The van der Waals surface area contributed by atoms with Gasteiger partial charge in [0.1, 0.15) is 6.04 Å². The van der Waals surface area contributed by atoms with Crippen LogP contribution in [0.1, 0.15) is 19.4 Å². The maximum atomic E-state index is 13.3. The van der Waals surface area contributed by atoms with E-state index < -0.39 is 27.0 Å². The molecule has 10 heteroatoms. The van der Waals surface area contributed by atoms with Crippen LogP contribution in [0.3, 0.4) is 0 Å². The van der Waals surface area contributed by atoms with Crippen LogP contribution >= 0.6 is 0 Å². The van der Waals surface area contributed by atoms with E-state index >= 15 is 0 Å². The smallest absolute Gasteiger partial charge is 0.324 e. The first-order valence-corrected chi connectivity index (χ1v) is 9.85. The van der Waals surface area contributed by atoms with Gasteiger partial charge in [0, 0.05) is 31.1 Å². The Labute approximate surface area is 163 Å². The molecular weight excluding hydrogens is 386 g/mol. The third kappa shape index (κ3) is 4.70. The number of benzene rings is 1. The first-order valence-electron chi connectivity index (χ1n) is 8.41. The number of carbonyl (C=O) groups is 1. The summed E-state index contributed by atoms with van der Waals surface area (Å²) in [5, 5.41) is 10.8. The van der Waals surface area contributed by atoms with Crippen molar-refractivity contribution in [1.82, 2.24) is 9.29 Å². The SMILES string of the molecule is COC(=O)[C@@H](C(C)C)N(Cc1cccnc1)S(=O)(=O)c1ccc([N+](=O)[O-])cc1. The largest absolute Gasteiger partial charge is 0.468 e. The van der Waals surface area contributed by atoms with E-state index in [2.05, 4.69) is 4.98 Å². The zero-order valence-electron chi connectivity index (χ0n) is 15.7. The van der Waals surface area contributed by atoms with Gasteiger partial charge in [-0.05, 0) is 29.7 Å². The zero-order chi connectivity index (χ0) is 20.9. The minimum atomic E-state index is -4.16. The molecule has 1 atom stereocenters. The molecule has 0 unspecified atom stereocenters. The lowest BCUT2D eigenvalue weighted by molar-refractivity contribution is -0.384. The molecule has 0 aliphatic carbocycles. The van der Waals surface area contributed by atoms with Crippen LogP contribution in [0.25, 0.3) is 0 Å². The monoisotopic (exact) mass is 407 g/mol. The summed E-state index contributed by atoms with van der Waals surface area (Å²) in [5.74, 6) is -1.07. The fraction of sp³-hybridized carbons (Fsp3) is 0.333. The molecule has 2 aromatic rings. The van der Waals surface area contributed by atoms with Crippen molar-refractivity contribution in [3.8, 4) is 0 Å². The highest BCUT2D eigenvalue weighted by Crippen LogP contribution is 2.26. The van der Waals surface area contributed by atoms with Gasteiger partial charge in [-0.25, -0.2) is 8.42 Å². The van der Waals surface area contributed by atoms with Gasteiger partial charge in [-0.2, -0.15) is 4.31 Å². The summed E-state index contributed by atoms with van der Waals surface area (Å²) < 4.78 is 32.5. The molecule has 0 N–H and O–H groups in total. The molecule has 0 aliphatic heterocycles. The molecule has 9 nitrogen and oxygen atoms in total. The first kappa shape index (κ1) is 21.5. The van der Waals surface area contributed by atoms with Gasteiger partial charge in [0.15, 0.2) is 0 Å². The number of carbonyl (C=O) groups excluding carboxylic acids is 1. The van der Waals surface area contributed by atoms with Crippen molar-refractivity contribution in [2.45, 2.75) is 31.3 Å². The summed E-state index contributed by atoms with van der Waals surface area (Å²) in [6, 6.07) is 6.80. The van der Waals surface area contributed by atoms with E-state index in [9.17, 15) is 23.3 Å². The maximum Gasteiger partial charge on any atom is 0.324 e. The van der Waals surface area contributed by atoms with Crippen molar-refractivity contribution < 1.29 is 22.9 Å². The van der Waals surface area contributed by atoms with E-state index in [4.69, 9.17) is 4.74 Å². The van der Waals surface area contributed by atoms with Crippen LogP contribution in [0.4, 0.5) is 5.69 Å². The number of nitro benzene ring substituents is 1. The second-order valence-electron chi connectivity index (χ2n) is 6.37. The maximum absolute atomic E-state index is 13.3. The van der Waals surface area contributed by atoms with Crippen LogP contribution < -0.4 is 0 Å². The van der Waals surface area contributed by atoms with E-state index in [0.717, 1.165) is 28.6 Å². The normalized spacial score (nSPS) is 12.8. The second-order valence-corrected chi connectivity index (χ2v) is 8.27. The van der Waals surface area contributed by atoms with Gasteiger partial charge in [-0.1, -0.05) is 19.9 Å². The van der Waals surface area contributed by atoms with Crippen LogP contribution in [0.15, 0.2) is 53.7 Å². The van der Waals surface area contributed by atoms with Crippen LogP contribution in [-0.4, -0.2) is 41.8 Å². The molecule has 0 saturated heterocycles. The third-order valence-corrected chi connectivity index (χ3v) is 5.94. The number of sulfonamides is 1. The predicted molar refractivity (Wildman–Crippen MR) is 101 cm³/mol. The number of methoxy groups -OCH3 is 1. The average molecular weight is 407 g/mol. The van der Waals surface area contributed by atoms with E-state index in [1.807, 2.05) is 0 Å². The Morgan fingerprint density at radius 2 is 1.89 bits per heavy atom. The minimum Gasteiger partial charge on any atom is -0.468 e. The van der Waals surface area contributed by atoms with Crippen molar-refractivity contribution in [2.75, 3.05) is 7.11 Å². The number of nitrogens with zero attached hydrogens (tertiary/aromatic N) is 3. The molecule has 28 heavy (non-hydrogen) atoms. The highest BCUT2D eigenvalue weighted by molar-refractivity contribution is 7.89. The van der Waals surface area contributed by atoms with Gasteiger partial charge in [-0.3, -0.25) is 19.9 Å². The van der Waals surface area contributed by atoms with Crippen LogP contribution in [0.2, 0.25) is 0 Å². The number of hydrogen-bond acceptors (Lipinski definition) is 7. The fourth-order valence-corrected chi connectivity index (χ4v) is 4.42. The van der Waals surface area contributed by atoms with Gasteiger partial charge in [0.05, 0.1) is 16.9 Å². The first-order chi connectivity index (χ1) is 13.2. The fourth-order valence-electron chi connectivity index (χ4n) is 2.72. The van der Waals surface area contributed by atoms with E-state index in [0.29, 0.717) is 5.56 Å². The Morgan fingerprint density at radius 1 is 1.25 bits per heavy atom. The summed E-state index contributed by atoms with van der Waals surface area (Å²) in [7, 11) is -2.97. The Bertz CT molecular complexity index is 930. The lowest BCUT2D eigenvalue weighted by atomic mass is 10.0. The van der Waals surface area contributed by atoms with E-state index in [-0.39, 0.29) is 23.0 Å². The molecule has 2 rings (SSSR count). The second kappa shape index (κ2) is 8.89. The van der Waals surface area contributed by atoms with Gasteiger partial charge in [0.2, 0.25) is 10.0 Å². The summed E-state index contributed by atoms with van der Waals surface area (Å²) in [5.41, 5.74) is 0.355. The van der Waals surface area contributed by atoms with Crippen molar-refractivity contribution in [3.63, 3.8) is 0 Å². The number of aromatic nitrogens is 1. The molecule has 1 heterocycles. The van der Waals surface area contributed by atoms with Gasteiger partial charge < -0.3 is 4.74 Å². The topological polar surface area (TPSA) is 120 Å². The average Bonchev–Trinajstić information content (AvgIpc) is 2.67. The Morgan fingerprint density at radius 3 is 2.36 bits per heavy atom. The number of pyridine rings is 1. The van der Waals surface area contributed by atoms with Gasteiger partial charge in [-0.15, -0.1) is 0 Å². The van der Waals surface area contributed by atoms with Crippen molar-refractivity contribution in [2.24, 2.45) is 5.92 Å². The molecule has 0 bridgehead atoms. The van der Waals surface area contributed by atoms with Crippen LogP contribution in [0, 0.1) is 16.0 Å². The Balaban J connectivity index is 2.54. The van der Waals surface area contributed by atoms with Gasteiger partial charge >= 0.3 is 5.97 Å². The highest BCUT2D eigenvalue weighted by atomic mass is 32.2. The number of hydrogen-bond donors (Lipinski definition) is 0. The molecule has 0 fully saturated rings. The molecular formula is C18H21N3O6S. The third-order valence-electron chi connectivity index (χ3n) is 4.10. The van der Waals surface area contributed by atoms with E-state index in [1.165, 1.54) is 13.3 Å². The van der Waals surface area contributed by atoms with Crippen molar-refractivity contribution >= 4 is 21.7 Å². The summed E-state index contributed by atoms with van der Waals surface area (Å²) >= 11 is 0. The number of ether oxygens (including phenoxy) is 1. The molecule has 150 valence electrons.